The number of phenols is 1. The van der Waals surface area contributed by atoms with E-state index in [-0.39, 0.29) is 11.0 Å². The summed E-state index contributed by atoms with van der Waals surface area (Å²) in [4.78, 5) is 12.0. The SMILES string of the molecule is C#CCN1C(=O)C(F)(F)Oc2cc(F)c(-c3c(F)c(F)c(O)c(F)c3F)cc21. The Bertz CT molecular complexity index is 1030. The molecule has 11 heteroatoms. The van der Waals surface area contributed by atoms with Crippen LogP contribution in [-0.2, 0) is 4.79 Å². The number of halogens is 7. The van der Waals surface area contributed by atoms with E-state index < -0.39 is 76.0 Å². The van der Waals surface area contributed by atoms with Crippen LogP contribution in [0.3, 0.4) is 0 Å². The molecule has 1 aliphatic heterocycles. The van der Waals surface area contributed by atoms with E-state index in [2.05, 4.69) is 4.74 Å². The molecule has 0 fully saturated rings. The Balaban J connectivity index is 2.32. The number of hydrogen-bond acceptors (Lipinski definition) is 3. The Morgan fingerprint density at radius 2 is 1.64 bits per heavy atom. The van der Waals surface area contributed by atoms with Gasteiger partial charge < -0.3 is 9.84 Å². The minimum absolute atomic E-state index is 0.246. The number of carbonyl (C=O) groups excluding carboxylic acids is 1. The summed E-state index contributed by atoms with van der Waals surface area (Å²) in [5.74, 6) is -13.2. The number of rotatable bonds is 2. The Labute approximate surface area is 151 Å². The number of terminal acetylenes is 1. The van der Waals surface area contributed by atoms with Gasteiger partial charge in [0, 0.05) is 11.6 Å². The fourth-order valence-electron chi connectivity index (χ4n) is 2.58. The van der Waals surface area contributed by atoms with Crippen molar-refractivity contribution in [2.75, 3.05) is 11.4 Å². The lowest BCUT2D eigenvalue weighted by Crippen LogP contribution is -2.51. The van der Waals surface area contributed by atoms with Gasteiger partial charge in [-0.2, -0.15) is 17.6 Å². The summed E-state index contributed by atoms with van der Waals surface area (Å²) < 4.78 is 101. The lowest BCUT2D eigenvalue weighted by molar-refractivity contribution is -0.192. The molecule has 0 radical (unpaired) electrons. The topological polar surface area (TPSA) is 49.8 Å². The molecule has 0 saturated carbocycles. The van der Waals surface area contributed by atoms with E-state index in [1.54, 1.807) is 0 Å². The van der Waals surface area contributed by atoms with Gasteiger partial charge in [-0.1, -0.05) is 5.92 Å². The zero-order valence-corrected chi connectivity index (χ0v) is 13.3. The quantitative estimate of drug-likeness (QED) is 0.471. The molecule has 28 heavy (non-hydrogen) atoms. The minimum atomic E-state index is -4.40. The van der Waals surface area contributed by atoms with Gasteiger partial charge in [0.05, 0.1) is 17.8 Å². The second-order valence-electron chi connectivity index (χ2n) is 5.49. The average Bonchev–Trinajstić information content (AvgIpc) is 2.63. The third-order valence-electron chi connectivity index (χ3n) is 3.83. The van der Waals surface area contributed by atoms with Crippen molar-refractivity contribution < 1.29 is 45.4 Å². The highest BCUT2D eigenvalue weighted by Crippen LogP contribution is 2.44. The minimum Gasteiger partial charge on any atom is -0.503 e. The maximum absolute atomic E-state index is 14.3. The van der Waals surface area contributed by atoms with Crippen molar-refractivity contribution in [3.05, 3.63) is 41.2 Å². The fraction of sp³-hybridized carbons (Fsp3) is 0.118. The molecule has 1 heterocycles. The number of nitrogens with zero attached hydrogens (tertiary/aromatic N) is 1. The summed E-state index contributed by atoms with van der Waals surface area (Å²) in [5.41, 5.74) is -3.31. The van der Waals surface area contributed by atoms with Crippen LogP contribution < -0.4 is 9.64 Å². The predicted octanol–water partition coefficient (Wildman–Crippen LogP) is 3.71. The number of anilines is 1. The van der Waals surface area contributed by atoms with Crippen LogP contribution in [0.15, 0.2) is 12.1 Å². The van der Waals surface area contributed by atoms with Crippen LogP contribution in [0.4, 0.5) is 36.4 Å². The first kappa shape index (κ1) is 19.3. The van der Waals surface area contributed by atoms with E-state index in [4.69, 9.17) is 11.5 Å². The number of alkyl halides is 2. The molecular weight excluding hydrogens is 399 g/mol. The lowest BCUT2D eigenvalue weighted by atomic mass is 10.0. The Morgan fingerprint density at radius 1 is 1.07 bits per heavy atom. The van der Waals surface area contributed by atoms with E-state index in [0.29, 0.717) is 6.07 Å². The number of hydrogen-bond donors (Lipinski definition) is 1. The highest BCUT2D eigenvalue weighted by molar-refractivity contribution is 6.02. The molecule has 3 rings (SSSR count). The normalized spacial score (nSPS) is 15.1. The van der Waals surface area contributed by atoms with Crippen LogP contribution in [-0.4, -0.2) is 23.7 Å². The smallest absolute Gasteiger partial charge is 0.483 e. The summed E-state index contributed by atoms with van der Waals surface area (Å²) in [6.07, 6.45) is 0.603. The van der Waals surface area contributed by atoms with E-state index in [0.717, 1.165) is 0 Å². The average molecular weight is 405 g/mol. The maximum Gasteiger partial charge on any atom is 0.483 e. The van der Waals surface area contributed by atoms with Crippen LogP contribution in [0.25, 0.3) is 11.1 Å². The lowest BCUT2D eigenvalue weighted by Gasteiger charge is -2.32. The molecule has 4 nitrogen and oxygen atoms in total. The number of fused-ring (bicyclic) bond motifs is 1. The van der Waals surface area contributed by atoms with Crippen LogP contribution in [0.5, 0.6) is 11.5 Å². The summed E-state index contributed by atoms with van der Waals surface area (Å²) in [6, 6.07) is 0.711. The number of carbonyl (C=O) groups is 1. The Kier molecular flexibility index (Phi) is 4.37. The molecule has 0 aromatic heterocycles. The standard InChI is InChI=1S/C17H6F7NO3/c1-2-3-25-8-4-6(7(18)5-9(8)28-17(23,24)16(25)27)10-11(19)13(21)15(26)14(22)12(10)20/h1,4-5,26H,3H2. The highest BCUT2D eigenvalue weighted by Gasteiger charge is 2.50. The summed E-state index contributed by atoms with van der Waals surface area (Å²) >= 11 is 0. The van der Waals surface area contributed by atoms with E-state index in [1.807, 2.05) is 5.92 Å². The maximum atomic E-state index is 14.3. The van der Waals surface area contributed by atoms with Crippen LogP contribution in [0.1, 0.15) is 0 Å². The van der Waals surface area contributed by atoms with E-state index in [9.17, 15) is 35.5 Å². The van der Waals surface area contributed by atoms with E-state index in [1.165, 1.54) is 0 Å². The van der Waals surface area contributed by atoms with Crippen LogP contribution in [0.2, 0.25) is 0 Å². The number of benzene rings is 2. The van der Waals surface area contributed by atoms with Crippen molar-refractivity contribution >= 4 is 11.6 Å². The molecule has 0 spiro atoms. The van der Waals surface area contributed by atoms with Gasteiger partial charge in [-0.25, -0.2) is 13.2 Å². The Morgan fingerprint density at radius 3 is 2.18 bits per heavy atom. The highest BCUT2D eigenvalue weighted by atomic mass is 19.3. The largest absolute Gasteiger partial charge is 0.503 e. The first-order chi connectivity index (χ1) is 13.0. The van der Waals surface area contributed by atoms with Gasteiger partial charge in [0.25, 0.3) is 0 Å². The van der Waals surface area contributed by atoms with Gasteiger partial charge in [0.1, 0.15) is 5.82 Å². The number of amides is 1. The van der Waals surface area contributed by atoms with Gasteiger partial charge in [0.15, 0.2) is 23.1 Å². The number of phenolic OH excluding ortho intramolecular Hbond substituents is 1. The second kappa shape index (κ2) is 6.33. The monoisotopic (exact) mass is 405 g/mol. The summed E-state index contributed by atoms with van der Waals surface area (Å²) in [6.45, 7) is -0.751. The molecule has 1 aliphatic rings. The predicted molar refractivity (Wildman–Crippen MR) is 80.1 cm³/mol. The molecule has 2 aromatic rings. The van der Waals surface area contributed by atoms with E-state index >= 15 is 0 Å². The van der Waals surface area contributed by atoms with Crippen LogP contribution >= 0.6 is 0 Å². The molecular formula is C17H6F7NO3. The van der Waals surface area contributed by atoms with Crippen molar-refractivity contribution in [1.82, 2.24) is 0 Å². The number of aromatic hydroxyl groups is 1. The second-order valence-corrected chi connectivity index (χ2v) is 5.49. The third-order valence-corrected chi connectivity index (χ3v) is 3.83. The molecule has 0 saturated heterocycles. The van der Waals surface area contributed by atoms with Crippen molar-refractivity contribution in [2.45, 2.75) is 6.11 Å². The van der Waals surface area contributed by atoms with Crippen molar-refractivity contribution in [1.29, 1.82) is 0 Å². The molecule has 0 atom stereocenters. The zero-order valence-electron chi connectivity index (χ0n) is 13.3. The van der Waals surface area contributed by atoms with Gasteiger partial charge in [-0.05, 0) is 6.07 Å². The van der Waals surface area contributed by atoms with Crippen LogP contribution in [0, 0.1) is 41.4 Å². The molecule has 0 aliphatic carbocycles. The Hall–Kier alpha value is -3.42. The van der Waals surface area contributed by atoms with Crippen molar-refractivity contribution in [3.63, 3.8) is 0 Å². The van der Waals surface area contributed by atoms with Gasteiger partial charge >= 0.3 is 12.0 Å². The van der Waals surface area contributed by atoms with Gasteiger partial charge in [0.2, 0.25) is 11.6 Å². The molecule has 0 bridgehead atoms. The molecule has 2 aromatic carbocycles. The molecule has 146 valence electrons. The zero-order chi connectivity index (χ0) is 21.0. The van der Waals surface area contributed by atoms with Gasteiger partial charge in [-0.15, -0.1) is 6.42 Å². The number of ether oxygens (including phenoxy) is 1. The summed E-state index contributed by atoms with van der Waals surface area (Å²) in [7, 11) is 0. The molecule has 0 unspecified atom stereocenters. The fourth-order valence-corrected chi connectivity index (χ4v) is 2.58. The molecule has 1 amide bonds. The first-order valence-electron chi connectivity index (χ1n) is 7.22. The van der Waals surface area contributed by atoms with Crippen molar-refractivity contribution in [2.24, 2.45) is 0 Å². The first-order valence-corrected chi connectivity index (χ1v) is 7.22. The summed E-state index contributed by atoms with van der Waals surface area (Å²) in [5, 5.41) is 9.00. The van der Waals surface area contributed by atoms with Gasteiger partial charge in [-0.3, -0.25) is 9.69 Å². The third kappa shape index (κ3) is 2.69. The molecule has 1 N–H and O–H groups in total. The van der Waals surface area contributed by atoms with Crippen molar-refractivity contribution in [3.8, 4) is 35.0 Å².